The molecule has 26 heavy (non-hydrogen) atoms. The van der Waals surface area contributed by atoms with Gasteiger partial charge in [0.25, 0.3) is 0 Å². The van der Waals surface area contributed by atoms with Crippen LogP contribution in [0.1, 0.15) is 16.1 Å². The van der Waals surface area contributed by atoms with Crippen molar-refractivity contribution in [2.24, 2.45) is 0 Å². The fourth-order valence-electron chi connectivity index (χ4n) is 2.99. The van der Waals surface area contributed by atoms with Gasteiger partial charge in [-0.3, -0.25) is 9.59 Å². The Hall–Kier alpha value is -2.99. The average molecular weight is 363 g/mol. The molecule has 2 N–H and O–H groups in total. The Morgan fingerprint density at radius 2 is 2.04 bits per heavy atom. The summed E-state index contributed by atoms with van der Waals surface area (Å²) in [6, 6.07) is 13.4. The maximum Gasteiger partial charge on any atom is 0.228 e. The lowest BCUT2D eigenvalue weighted by Crippen LogP contribution is -2.14. The van der Waals surface area contributed by atoms with E-state index >= 15 is 0 Å². The van der Waals surface area contributed by atoms with Gasteiger partial charge in [-0.1, -0.05) is 24.3 Å². The van der Waals surface area contributed by atoms with Gasteiger partial charge >= 0.3 is 0 Å². The van der Waals surface area contributed by atoms with Crippen molar-refractivity contribution in [3.8, 4) is 11.3 Å². The van der Waals surface area contributed by atoms with Gasteiger partial charge in [0.05, 0.1) is 23.5 Å². The second-order valence-corrected chi connectivity index (χ2v) is 7.33. The van der Waals surface area contributed by atoms with Crippen LogP contribution in [0.3, 0.4) is 0 Å². The minimum absolute atomic E-state index is 0.0149. The molecule has 1 aliphatic rings. The SMILES string of the molecule is Cc1nc(-c2ccc(CC(=O)Nc3ccc4c(c3)CC(=O)N4)cc2)cs1. The number of hydrogen-bond donors (Lipinski definition) is 2. The maximum atomic E-state index is 12.3. The van der Waals surface area contributed by atoms with Crippen molar-refractivity contribution in [2.45, 2.75) is 19.8 Å². The Morgan fingerprint density at radius 3 is 2.77 bits per heavy atom. The third-order valence-electron chi connectivity index (χ3n) is 4.25. The minimum Gasteiger partial charge on any atom is -0.326 e. The highest BCUT2D eigenvalue weighted by Gasteiger charge is 2.17. The topological polar surface area (TPSA) is 71.1 Å². The van der Waals surface area contributed by atoms with E-state index in [1.165, 1.54) is 0 Å². The number of carbonyl (C=O) groups excluding carboxylic acids is 2. The van der Waals surface area contributed by atoms with Crippen molar-refractivity contribution < 1.29 is 9.59 Å². The first-order valence-corrected chi connectivity index (χ1v) is 9.19. The van der Waals surface area contributed by atoms with E-state index in [2.05, 4.69) is 15.6 Å². The first-order valence-electron chi connectivity index (χ1n) is 8.31. The van der Waals surface area contributed by atoms with E-state index in [4.69, 9.17) is 0 Å². The maximum absolute atomic E-state index is 12.3. The van der Waals surface area contributed by atoms with E-state index in [-0.39, 0.29) is 11.8 Å². The van der Waals surface area contributed by atoms with Crippen LogP contribution >= 0.6 is 11.3 Å². The molecule has 3 aromatic rings. The monoisotopic (exact) mass is 363 g/mol. The van der Waals surface area contributed by atoms with Crippen molar-refractivity contribution in [3.05, 3.63) is 64.0 Å². The van der Waals surface area contributed by atoms with E-state index in [1.807, 2.05) is 48.7 Å². The molecule has 4 rings (SSSR count). The quantitative estimate of drug-likeness (QED) is 0.741. The summed E-state index contributed by atoms with van der Waals surface area (Å²) in [5.74, 6) is -0.0987. The number of anilines is 2. The predicted octanol–water partition coefficient (Wildman–Crippen LogP) is 3.79. The van der Waals surface area contributed by atoms with Crippen molar-refractivity contribution in [1.29, 1.82) is 0 Å². The Labute approximate surface area is 155 Å². The van der Waals surface area contributed by atoms with Gasteiger partial charge in [0.2, 0.25) is 11.8 Å². The van der Waals surface area contributed by atoms with Gasteiger partial charge in [-0.2, -0.15) is 0 Å². The molecule has 2 heterocycles. The zero-order valence-electron chi connectivity index (χ0n) is 14.2. The molecule has 0 spiro atoms. The average Bonchev–Trinajstić information content (AvgIpc) is 3.20. The predicted molar refractivity (Wildman–Crippen MR) is 103 cm³/mol. The number of fused-ring (bicyclic) bond motifs is 1. The van der Waals surface area contributed by atoms with Crippen LogP contribution in [0.5, 0.6) is 0 Å². The van der Waals surface area contributed by atoms with Gasteiger partial charge in [0, 0.05) is 22.3 Å². The molecule has 0 radical (unpaired) electrons. The van der Waals surface area contributed by atoms with Gasteiger partial charge < -0.3 is 10.6 Å². The number of hydrogen-bond acceptors (Lipinski definition) is 4. The molecule has 1 aliphatic heterocycles. The molecular formula is C20H17N3O2S. The number of amides is 2. The van der Waals surface area contributed by atoms with E-state index in [1.54, 1.807) is 17.4 Å². The summed E-state index contributed by atoms with van der Waals surface area (Å²) < 4.78 is 0. The van der Waals surface area contributed by atoms with Crippen molar-refractivity contribution in [1.82, 2.24) is 4.98 Å². The number of thiazole rings is 1. The fraction of sp³-hybridized carbons (Fsp3) is 0.150. The Morgan fingerprint density at radius 1 is 1.23 bits per heavy atom. The Balaban J connectivity index is 1.40. The highest BCUT2D eigenvalue weighted by Crippen LogP contribution is 2.26. The molecule has 0 unspecified atom stereocenters. The second kappa shape index (κ2) is 6.72. The third-order valence-corrected chi connectivity index (χ3v) is 5.02. The van der Waals surface area contributed by atoms with E-state index in [0.29, 0.717) is 18.5 Å². The zero-order valence-corrected chi connectivity index (χ0v) is 15.0. The van der Waals surface area contributed by atoms with Crippen LogP contribution < -0.4 is 10.6 Å². The number of nitrogens with zero attached hydrogens (tertiary/aromatic N) is 1. The molecule has 130 valence electrons. The lowest BCUT2D eigenvalue weighted by atomic mass is 10.1. The highest BCUT2D eigenvalue weighted by molar-refractivity contribution is 7.09. The Kier molecular flexibility index (Phi) is 4.26. The number of aryl methyl sites for hydroxylation is 1. The number of benzene rings is 2. The van der Waals surface area contributed by atoms with Crippen molar-refractivity contribution in [2.75, 3.05) is 10.6 Å². The van der Waals surface area contributed by atoms with E-state index < -0.39 is 0 Å². The van der Waals surface area contributed by atoms with Crippen LogP contribution in [-0.2, 0) is 22.4 Å². The molecule has 0 bridgehead atoms. The molecule has 2 aromatic carbocycles. The lowest BCUT2D eigenvalue weighted by Gasteiger charge is -2.07. The molecule has 5 nitrogen and oxygen atoms in total. The summed E-state index contributed by atoms with van der Waals surface area (Å²) >= 11 is 1.62. The Bertz CT molecular complexity index is 993. The van der Waals surface area contributed by atoms with Crippen molar-refractivity contribution in [3.63, 3.8) is 0 Å². The first kappa shape index (κ1) is 16.5. The molecule has 0 saturated heterocycles. The summed E-state index contributed by atoms with van der Waals surface area (Å²) in [6.45, 7) is 1.98. The summed E-state index contributed by atoms with van der Waals surface area (Å²) in [5, 5.41) is 8.75. The summed E-state index contributed by atoms with van der Waals surface area (Å²) in [4.78, 5) is 28.2. The van der Waals surface area contributed by atoms with Crippen LogP contribution in [0.2, 0.25) is 0 Å². The molecule has 0 atom stereocenters. The molecule has 2 amide bonds. The summed E-state index contributed by atoms with van der Waals surface area (Å²) in [7, 11) is 0. The minimum atomic E-state index is -0.0838. The largest absolute Gasteiger partial charge is 0.326 e. The van der Waals surface area contributed by atoms with Crippen molar-refractivity contribution >= 4 is 34.5 Å². The summed E-state index contributed by atoms with van der Waals surface area (Å²) in [5.41, 5.74) is 5.40. The molecule has 0 aliphatic carbocycles. The number of aromatic nitrogens is 1. The van der Waals surface area contributed by atoms with Crippen LogP contribution in [0.25, 0.3) is 11.3 Å². The highest BCUT2D eigenvalue weighted by atomic mass is 32.1. The standard InChI is InChI=1S/C20H17N3O2S/c1-12-21-18(11-26-12)14-4-2-13(3-5-14)8-19(24)22-16-6-7-17-15(9-16)10-20(25)23-17/h2-7,9,11H,8,10H2,1H3,(H,22,24)(H,23,25). The number of rotatable bonds is 4. The van der Waals surface area contributed by atoms with Gasteiger partial charge in [0.15, 0.2) is 0 Å². The molecular weight excluding hydrogens is 346 g/mol. The molecule has 0 fully saturated rings. The van der Waals surface area contributed by atoms with Crippen LogP contribution in [0.15, 0.2) is 47.8 Å². The molecule has 0 saturated carbocycles. The third kappa shape index (κ3) is 3.50. The van der Waals surface area contributed by atoms with Gasteiger partial charge in [-0.15, -0.1) is 11.3 Å². The lowest BCUT2D eigenvalue weighted by molar-refractivity contribution is -0.116. The number of nitrogens with one attached hydrogen (secondary N) is 2. The molecule has 6 heteroatoms. The van der Waals surface area contributed by atoms with Crippen LogP contribution in [0, 0.1) is 6.92 Å². The van der Waals surface area contributed by atoms with Gasteiger partial charge in [0.1, 0.15) is 0 Å². The summed E-state index contributed by atoms with van der Waals surface area (Å²) in [6.07, 6.45) is 0.654. The van der Waals surface area contributed by atoms with E-state index in [0.717, 1.165) is 33.1 Å². The van der Waals surface area contributed by atoms with Crippen LogP contribution in [0.4, 0.5) is 11.4 Å². The zero-order chi connectivity index (χ0) is 18.1. The van der Waals surface area contributed by atoms with Crippen LogP contribution in [-0.4, -0.2) is 16.8 Å². The molecule has 1 aromatic heterocycles. The normalized spacial score (nSPS) is 12.6. The van der Waals surface area contributed by atoms with Gasteiger partial charge in [-0.05, 0) is 36.2 Å². The van der Waals surface area contributed by atoms with Gasteiger partial charge in [-0.25, -0.2) is 4.98 Å². The second-order valence-electron chi connectivity index (χ2n) is 6.27. The first-order chi connectivity index (χ1) is 12.6. The smallest absolute Gasteiger partial charge is 0.228 e. The fourth-order valence-corrected chi connectivity index (χ4v) is 3.61. The number of carbonyl (C=O) groups is 2. The van der Waals surface area contributed by atoms with E-state index in [9.17, 15) is 9.59 Å².